The van der Waals surface area contributed by atoms with Crippen LogP contribution in [0.3, 0.4) is 0 Å². The van der Waals surface area contributed by atoms with Gasteiger partial charge in [0.05, 0.1) is 16.7 Å². The Labute approximate surface area is 134 Å². The number of benzene rings is 1. The quantitative estimate of drug-likeness (QED) is 0.854. The zero-order chi connectivity index (χ0) is 15.4. The summed E-state index contributed by atoms with van der Waals surface area (Å²) < 4.78 is 4.81. The molecular formula is C13H10Cl2N2O3S. The Morgan fingerprint density at radius 1 is 1.33 bits per heavy atom. The number of esters is 1. The highest BCUT2D eigenvalue weighted by atomic mass is 35.5. The van der Waals surface area contributed by atoms with E-state index in [1.807, 2.05) is 0 Å². The van der Waals surface area contributed by atoms with Crippen molar-refractivity contribution >= 4 is 52.1 Å². The lowest BCUT2D eigenvalue weighted by Gasteiger charge is -2.04. The van der Waals surface area contributed by atoms with E-state index in [0.29, 0.717) is 15.7 Å². The second-order valence-electron chi connectivity index (χ2n) is 3.84. The van der Waals surface area contributed by atoms with Crippen molar-refractivity contribution in [1.29, 1.82) is 0 Å². The average molecular weight is 345 g/mol. The Bertz CT molecular complexity index is 688. The van der Waals surface area contributed by atoms with E-state index >= 15 is 0 Å². The minimum Gasteiger partial charge on any atom is -0.461 e. The summed E-state index contributed by atoms with van der Waals surface area (Å²) in [7, 11) is 0. The standard InChI is InChI=1S/C13H10Cl2N2O3S/c1-2-20-13(19)12-17-10(6-21-12)11(18)16-7-3-4-8(14)9(15)5-7/h3-6H,2H2,1H3,(H,16,18). The minimum absolute atomic E-state index is 0.133. The number of aromatic nitrogens is 1. The average Bonchev–Trinajstić information content (AvgIpc) is 2.93. The third-order valence-electron chi connectivity index (χ3n) is 2.36. The van der Waals surface area contributed by atoms with Gasteiger partial charge in [-0.05, 0) is 25.1 Å². The van der Waals surface area contributed by atoms with Gasteiger partial charge in [0.2, 0.25) is 5.01 Å². The first-order valence-electron chi connectivity index (χ1n) is 5.90. The zero-order valence-corrected chi connectivity index (χ0v) is 13.2. The number of halogens is 2. The highest BCUT2D eigenvalue weighted by molar-refractivity contribution is 7.11. The fraction of sp³-hybridized carbons (Fsp3) is 0.154. The van der Waals surface area contributed by atoms with E-state index in [-0.39, 0.29) is 17.3 Å². The first kappa shape index (κ1) is 15.8. The van der Waals surface area contributed by atoms with Crippen molar-refractivity contribution in [2.24, 2.45) is 0 Å². The van der Waals surface area contributed by atoms with E-state index in [1.165, 1.54) is 11.4 Å². The van der Waals surface area contributed by atoms with Crippen LogP contribution < -0.4 is 5.32 Å². The number of ether oxygens (including phenoxy) is 1. The Morgan fingerprint density at radius 3 is 2.76 bits per heavy atom. The van der Waals surface area contributed by atoms with E-state index in [2.05, 4.69) is 10.3 Å². The number of hydrogen-bond acceptors (Lipinski definition) is 5. The van der Waals surface area contributed by atoms with Crippen molar-refractivity contribution < 1.29 is 14.3 Å². The molecule has 0 unspecified atom stereocenters. The van der Waals surface area contributed by atoms with Crippen LogP contribution in [0, 0.1) is 0 Å². The van der Waals surface area contributed by atoms with Crippen LogP contribution in [0.2, 0.25) is 10.0 Å². The molecule has 8 heteroatoms. The maximum atomic E-state index is 12.0. The van der Waals surface area contributed by atoms with Crippen LogP contribution in [-0.2, 0) is 4.74 Å². The van der Waals surface area contributed by atoms with Gasteiger partial charge in [0.1, 0.15) is 5.69 Å². The topological polar surface area (TPSA) is 68.3 Å². The summed E-state index contributed by atoms with van der Waals surface area (Å²) in [5.74, 6) is -0.990. The van der Waals surface area contributed by atoms with Gasteiger partial charge in [-0.3, -0.25) is 4.79 Å². The predicted octanol–water partition coefficient (Wildman–Crippen LogP) is 3.88. The normalized spacial score (nSPS) is 10.2. The van der Waals surface area contributed by atoms with Crippen LogP contribution in [0.15, 0.2) is 23.6 Å². The fourth-order valence-electron chi connectivity index (χ4n) is 1.43. The van der Waals surface area contributed by atoms with Crippen LogP contribution >= 0.6 is 34.5 Å². The van der Waals surface area contributed by atoms with Crippen molar-refractivity contribution in [2.75, 3.05) is 11.9 Å². The number of thiazole rings is 1. The molecule has 1 amide bonds. The first-order valence-corrected chi connectivity index (χ1v) is 7.54. The third kappa shape index (κ3) is 3.93. The maximum Gasteiger partial charge on any atom is 0.367 e. The molecule has 1 aromatic carbocycles. The number of rotatable bonds is 4. The molecule has 0 aliphatic rings. The number of hydrogen-bond donors (Lipinski definition) is 1. The van der Waals surface area contributed by atoms with Crippen LogP contribution in [0.4, 0.5) is 5.69 Å². The van der Waals surface area contributed by atoms with Crippen molar-refractivity contribution in [3.05, 3.63) is 44.3 Å². The lowest BCUT2D eigenvalue weighted by molar-refractivity contribution is 0.0526. The van der Waals surface area contributed by atoms with E-state index in [0.717, 1.165) is 11.3 Å². The smallest absolute Gasteiger partial charge is 0.367 e. The van der Waals surface area contributed by atoms with Gasteiger partial charge in [0.25, 0.3) is 5.91 Å². The van der Waals surface area contributed by atoms with E-state index < -0.39 is 11.9 Å². The molecule has 0 radical (unpaired) electrons. The van der Waals surface area contributed by atoms with E-state index in [9.17, 15) is 9.59 Å². The maximum absolute atomic E-state index is 12.0. The molecule has 0 spiro atoms. The molecule has 5 nitrogen and oxygen atoms in total. The van der Waals surface area contributed by atoms with E-state index in [4.69, 9.17) is 27.9 Å². The van der Waals surface area contributed by atoms with Gasteiger partial charge in [-0.2, -0.15) is 0 Å². The molecule has 0 saturated carbocycles. The largest absolute Gasteiger partial charge is 0.461 e. The second kappa shape index (κ2) is 6.89. The fourth-order valence-corrected chi connectivity index (χ4v) is 2.42. The summed E-state index contributed by atoms with van der Waals surface area (Å²) in [4.78, 5) is 27.4. The molecule has 1 N–H and O–H groups in total. The van der Waals surface area contributed by atoms with Gasteiger partial charge in [-0.25, -0.2) is 9.78 Å². The summed E-state index contributed by atoms with van der Waals surface area (Å²) >= 11 is 12.7. The molecule has 0 saturated heterocycles. The molecule has 1 heterocycles. The number of anilines is 1. The number of amides is 1. The molecule has 0 aliphatic heterocycles. The molecule has 110 valence electrons. The SMILES string of the molecule is CCOC(=O)c1nc(C(=O)Nc2ccc(Cl)c(Cl)c2)cs1. The van der Waals surface area contributed by atoms with Gasteiger partial charge in [0, 0.05) is 11.1 Å². The zero-order valence-electron chi connectivity index (χ0n) is 10.9. The molecule has 2 rings (SSSR count). The van der Waals surface area contributed by atoms with Gasteiger partial charge in [0.15, 0.2) is 0 Å². The lowest BCUT2D eigenvalue weighted by atomic mass is 10.3. The number of carbonyl (C=O) groups is 2. The molecule has 0 aliphatic carbocycles. The van der Waals surface area contributed by atoms with Crippen molar-refractivity contribution in [3.8, 4) is 0 Å². The second-order valence-corrected chi connectivity index (χ2v) is 5.51. The summed E-state index contributed by atoms with van der Waals surface area (Å²) in [6, 6.07) is 4.72. The Morgan fingerprint density at radius 2 is 2.10 bits per heavy atom. The van der Waals surface area contributed by atoms with Crippen LogP contribution in [-0.4, -0.2) is 23.5 Å². The number of nitrogens with zero attached hydrogens (tertiary/aromatic N) is 1. The molecule has 0 atom stereocenters. The molecule has 1 aromatic heterocycles. The Balaban J connectivity index is 2.10. The number of nitrogens with one attached hydrogen (secondary N) is 1. The summed E-state index contributed by atoms with van der Waals surface area (Å²) in [6.45, 7) is 1.95. The summed E-state index contributed by atoms with van der Waals surface area (Å²) in [5.41, 5.74) is 0.620. The Hall–Kier alpha value is -1.63. The molecule has 2 aromatic rings. The van der Waals surface area contributed by atoms with E-state index in [1.54, 1.807) is 19.1 Å². The lowest BCUT2D eigenvalue weighted by Crippen LogP contribution is -2.13. The van der Waals surface area contributed by atoms with Gasteiger partial charge >= 0.3 is 5.97 Å². The van der Waals surface area contributed by atoms with Crippen LogP contribution in [0.5, 0.6) is 0 Å². The summed E-state index contributed by atoms with van der Waals surface area (Å²) in [5, 5.41) is 4.97. The third-order valence-corrected chi connectivity index (χ3v) is 3.93. The summed E-state index contributed by atoms with van der Waals surface area (Å²) in [6.07, 6.45) is 0. The molecular weight excluding hydrogens is 335 g/mol. The molecule has 0 fully saturated rings. The van der Waals surface area contributed by atoms with Gasteiger partial charge < -0.3 is 10.1 Å². The molecule has 0 bridgehead atoms. The minimum atomic E-state index is -0.545. The van der Waals surface area contributed by atoms with Crippen molar-refractivity contribution in [3.63, 3.8) is 0 Å². The molecule has 21 heavy (non-hydrogen) atoms. The van der Waals surface area contributed by atoms with Crippen LogP contribution in [0.1, 0.15) is 27.2 Å². The monoisotopic (exact) mass is 344 g/mol. The highest BCUT2D eigenvalue weighted by Gasteiger charge is 2.16. The van der Waals surface area contributed by atoms with Gasteiger partial charge in [-0.15, -0.1) is 11.3 Å². The number of carbonyl (C=O) groups excluding carboxylic acids is 2. The van der Waals surface area contributed by atoms with Crippen molar-refractivity contribution in [1.82, 2.24) is 4.98 Å². The van der Waals surface area contributed by atoms with Crippen molar-refractivity contribution in [2.45, 2.75) is 6.92 Å². The Kier molecular flexibility index (Phi) is 5.17. The predicted molar refractivity (Wildman–Crippen MR) is 82.5 cm³/mol. The first-order chi connectivity index (χ1) is 10.0. The van der Waals surface area contributed by atoms with Gasteiger partial charge in [-0.1, -0.05) is 23.2 Å². The van der Waals surface area contributed by atoms with Crippen LogP contribution in [0.25, 0.3) is 0 Å². The highest BCUT2D eigenvalue weighted by Crippen LogP contribution is 2.25.